The van der Waals surface area contributed by atoms with Gasteiger partial charge in [-0.1, -0.05) is 36.4 Å². The molecule has 3 heteroatoms. The van der Waals surface area contributed by atoms with Crippen LogP contribution in [0.25, 0.3) is 0 Å². The summed E-state index contributed by atoms with van der Waals surface area (Å²) in [7, 11) is 1.61. The number of carbonyl (C=O) groups excluding carboxylic acids is 1. The van der Waals surface area contributed by atoms with Gasteiger partial charge >= 0.3 is 0 Å². The smallest absolute Gasteiger partial charge is 0.140 e. The van der Waals surface area contributed by atoms with Crippen molar-refractivity contribution in [2.45, 2.75) is 12.8 Å². The number of para-hydroxylation sites is 2. The maximum absolute atomic E-state index is 11.9. The van der Waals surface area contributed by atoms with E-state index in [4.69, 9.17) is 9.47 Å². The number of Topliss-reactive ketones (excluding diaryl/α,β-unsaturated/α-hetero) is 1. The fourth-order valence-corrected chi connectivity index (χ4v) is 1.95. The van der Waals surface area contributed by atoms with Crippen molar-refractivity contribution in [3.63, 3.8) is 0 Å². The minimum atomic E-state index is 0.144. The minimum absolute atomic E-state index is 0.144. The molecule has 0 aliphatic carbocycles. The summed E-state index contributed by atoms with van der Waals surface area (Å²) in [5.74, 6) is 1.69. The third-order valence-corrected chi connectivity index (χ3v) is 2.97. The highest BCUT2D eigenvalue weighted by molar-refractivity contribution is 5.81. The largest absolute Gasteiger partial charge is 0.496 e. The van der Waals surface area contributed by atoms with Gasteiger partial charge in [0, 0.05) is 18.4 Å². The Kier molecular flexibility index (Phi) is 5.18. The summed E-state index contributed by atoms with van der Waals surface area (Å²) < 4.78 is 10.8. The number of hydrogen-bond donors (Lipinski definition) is 0. The van der Waals surface area contributed by atoms with Crippen LogP contribution in [0.2, 0.25) is 0 Å². The predicted molar refractivity (Wildman–Crippen MR) is 78.3 cm³/mol. The Hall–Kier alpha value is -2.29. The lowest BCUT2D eigenvalue weighted by Gasteiger charge is -2.08. The molecule has 0 unspecified atom stereocenters. The van der Waals surface area contributed by atoms with Crippen molar-refractivity contribution in [3.8, 4) is 11.5 Å². The second-order valence-electron chi connectivity index (χ2n) is 4.44. The average molecular weight is 270 g/mol. The Morgan fingerprint density at radius 1 is 1.00 bits per heavy atom. The zero-order valence-electron chi connectivity index (χ0n) is 11.5. The molecule has 0 spiro atoms. The van der Waals surface area contributed by atoms with E-state index in [0.717, 1.165) is 17.1 Å². The van der Waals surface area contributed by atoms with E-state index in [0.29, 0.717) is 19.4 Å². The second-order valence-corrected chi connectivity index (χ2v) is 4.44. The van der Waals surface area contributed by atoms with E-state index >= 15 is 0 Å². The summed E-state index contributed by atoms with van der Waals surface area (Å²) in [5.41, 5.74) is 0.916. The molecule has 0 N–H and O–H groups in total. The van der Waals surface area contributed by atoms with Gasteiger partial charge in [0.1, 0.15) is 17.3 Å². The highest BCUT2D eigenvalue weighted by Crippen LogP contribution is 2.18. The Bertz CT molecular complexity index is 549. The Labute approximate surface area is 119 Å². The van der Waals surface area contributed by atoms with Gasteiger partial charge in [0.05, 0.1) is 13.7 Å². The molecule has 0 aromatic heterocycles. The molecule has 0 bridgehead atoms. The maximum Gasteiger partial charge on any atom is 0.140 e. The van der Waals surface area contributed by atoms with Gasteiger partial charge in [0.25, 0.3) is 0 Å². The minimum Gasteiger partial charge on any atom is -0.496 e. The molecule has 0 saturated carbocycles. The van der Waals surface area contributed by atoms with Gasteiger partial charge in [-0.15, -0.1) is 0 Å². The third-order valence-electron chi connectivity index (χ3n) is 2.97. The van der Waals surface area contributed by atoms with Crippen LogP contribution >= 0.6 is 0 Å². The predicted octanol–water partition coefficient (Wildman–Crippen LogP) is 3.28. The van der Waals surface area contributed by atoms with E-state index in [9.17, 15) is 4.79 Å². The van der Waals surface area contributed by atoms with Crippen LogP contribution in [-0.2, 0) is 11.2 Å². The van der Waals surface area contributed by atoms with Gasteiger partial charge in [-0.2, -0.15) is 0 Å². The van der Waals surface area contributed by atoms with E-state index in [1.54, 1.807) is 7.11 Å². The topological polar surface area (TPSA) is 35.5 Å². The zero-order valence-corrected chi connectivity index (χ0v) is 11.5. The van der Waals surface area contributed by atoms with E-state index in [2.05, 4.69) is 0 Å². The molecule has 2 rings (SSSR count). The van der Waals surface area contributed by atoms with Crippen LogP contribution < -0.4 is 9.47 Å². The van der Waals surface area contributed by atoms with E-state index in [-0.39, 0.29) is 5.78 Å². The molecule has 3 nitrogen and oxygen atoms in total. The number of rotatable bonds is 7. The van der Waals surface area contributed by atoms with Crippen molar-refractivity contribution >= 4 is 5.78 Å². The summed E-state index contributed by atoms with van der Waals surface area (Å²) in [5, 5.41) is 0. The third kappa shape index (κ3) is 4.12. The summed E-state index contributed by atoms with van der Waals surface area (Å²) in [6.07, 6.45) is 0.773. The Morgan fingerprint density at radius 2 is 1.70 bits per heavy atom. The van der Waals surface area contributed by atoms with Crippen molar-refractivity contribution in [3.05, 3.63) is 60.2 Å². The van der Waals surface area contributed by atoms with E-state index in [1.807, 2.05) is 54.6 Å². The molecule has 0 fully saturated rings. The lowest BCUT2D eigenvalue weighted by molar-refractivity contribution is -0.118. The molecular weight excluding hydrogens is 252 g/mol. The van der Waals surface area contributed by atoms with Gasteiger partial charge in [-0.05, 0) is 18.2 Å². The SMILES string of the molecule is COc1ccccc1CC(=O)CCOc1ccccc1. The summed E-state index contributed by atoms with van der Waals surface area (Å²) >= 11 is 0. The summed E-state index contributed by atoms with van der Waals surface area (Å²) in [6.45, 7) is 0.401. The molecule has 0 amide bonds. The van der Waals surface area contributed by atoms with E-state index in [1.165, 1.54) is 0 Å². The Balaban J connectivity index is 1.81. The standard InChI is InChI=1S/C17H18O3/c1-19-17-10-6-5-7-14(17)13-15(18)11-12-20-16-8-3-2-4-9-16/h2-10H,11-13H2,1H3. The first-order valence-corrected chi connectivity index (χ1v) is 6.61. The molecule has 2 aromatic rings. The van der Waals surface area contributed by atoms with Gasteiger partial charge in [-0.3, -0.25) is 4.79 Å². The van der Waals surface area contributed by atoms with Crippen molar-refractivity contribution < 1.29 is 14.3 Å². The number of methoxy groups -OCH3 is 1. The van der Waals surface area contributed by atoms with Gasteiger partial charge < -0.3 is 9.47 Å². The monoisotopic (exact) mass is 270 g/mol. The molecule has 0 aliphatic rings. The highest BCUT2D eigenvalue weighted by atomic mass is 16.5. The van der Waals surface area contributed by atoms with Crippen LogP contribution in [0.3, 0.4) is 0 Å². The molecule has 104 valence electrons. The van der Waals surface area contributed by atoms with Crippen LogP contribution in [0.5, 0.6) is 11.5 Å². The first-order chi connectivity index (χ1) is 9.79. The zero-order chi connectivity index (χ0) is 14.2. The quantitative estimate of drug-likeness (QED) is 0.774. The highest BCUT2D eigenvalue weighted by Gasteiger charge is 2.08. The number of ketones is 1. The number of ether oxygens (including phenoxy) is 2. The molecule has 20 heavy (non-hydrogen) atoms. The van der Waals surface area contributed by atoms with Crippen molar-refractivity contribution in [1.29, 1.82) is 0 Å². The molecule has 0 aliphatic heterocycles. The first kappa shape index (κ1) is 14.1. The fraction of sp³-hybridized carbons (Fsp3) is 0.235. The molecule has 0 heterocycles. The molecule has 0 radical (unpaired) electrons. The van der Waals surface area contributed by atoms with Crippen LogP contribution in [0.1, 0.15) is 12.0 Å². The van der Waals surface area contributed by atoms with Crippen molar-refractivity contribution in [2.24, 2.45) is 0 Å². The second kappa shape index (κ2) is 7.34. The van der Waals surface area contributed by atoms with Crippen molar-refractivity contribution in [1.82, 2.24) is 0 Å². The molecule has 0 atom stereocenters. The summed E-state index contributed by atoms with van der Waals surface area (Å²) in [6, 6.07) is 17.1. The van der Waals surface area contributed by atoms with Crippen LogP contribution in [0, 0.1) is 0 Å². The number of hydrogen-bond acceptors (Lipinski definition) is 3. The lowest BCUT2D eigenvalue weighted by Crippen LogP contribution is -2.09. The normalized spacial score (nSPS) is 10.1. The average Bonchev–Trinajstić information content (AvgIpc) is 2.49. The number of carbonyl (C=O) groups is 1. The number of benzene rings is 2. The van der Waals surface area contributed by atoms with Crippen LogP contribution in [-0.4, -0.2) is 19.5 Å². The first-order valence-electron chi connectivity index (χ1n) is 6.61. The molecular formula is C17H18O3. The Morgan fingerprint density at radius 3 is 2.45 bits per heavy atom. The van der Waals surface area contributed by atoms with Crippen LogP contribution in [0.15, 0.2) is 54.6 Å². The maximum atomic E-state index is 11.9. The van der Waals surface area contributed by atoms with Gasteiger partial charge in [-0.25, -0.2) is 0 Å². The van der Waals surface area contributed by atoms with Crippen LogP contribution in [0.4, 0.5) is 0 Å². The molecule has 2 aromatic carbocycles. The summed E-state index contributed by atoms with van der Waals surface area (Å²) in [4.78, 5) is 11.9. The van der Waals surface area contributed by atoms with Gasteiger partial charge in [0.15, 0.2) is 0 Å². The lowest BCUT2D eigenvalue weighted by atomic mass is 10.1. The fourth-order valence-electron chi connectivity index (χ4n) is 1.95. The molecule has 0 saturated heterocycles. The van der Waals surface area contributed by atoms with Crippen molar-refractivity contribution in [2.75, 3.05) is 13.7 Å². The van der Waals surface area contributed by atoms with Gasteiger partial charge in [0.2, 0.25) is 0 Å². The van der Waals surface area contributed by atoms with E-state index < -0.39 is 0 Å².